The molecule has 1 aliphatic rings. The van der Waals surface area contributed by atoms with Crippen molar-refractivity contribution in [2.75, 3.05) is 32.0 Å². The summed E-state index contributed by atoms with van der Waals surface area (Å²) >= 11 is 0. The van der Waals surface area contributed by atoms with Crippen LogP contribution in [0.3, 0.4) is 0 Å². The number of carbonyl (C=O) groups is 1. The monoisotopic (exact) mass is 289 g/mol. The van der Waals surface area contributed by atoms with E-state index in [1.807, 2.05) is 38.2 Å². The number of hydrogen-bond acceptors (Lipinski definition) is 3. The number of anilines is 1. The standard InChI is InChI=1S/C17H27N3O/c1-4-14-11-20(10-9-16(14)18-3)12-17(21)19-15-7-5-13(2)6-8-15/h5-8,14,16,18H,4,9-12H2,1-3H3,(H,19,21). The number of likely N-dealkylation sites (tertiary alicyclic amines) is 1. The number of nitrogens with zero attached hydrogens (tertiary/aromatic N) is 1. The smallest absolute Gasteiger partial charge is 0.238 e. The predicted octanol–water partition coefficient (Wildman–Crippen LogP) is 2.25. The maximum absolute atomic E-state index is 12.1. The highest BCUT2D eigenvalue weighted by Gasteiger charge is 2.27. The van der Waals surface area contributed by atoms with Crippen LogP contribution in [0.2, 0.25) is 0 Å². The molecule has 2 rings (SSSR count). The van der Waals surface area contributed by atoms with Gasteiger partial charge in [0, 0.05) is 24.8 Å². The van der Waals surface area contributed by atoms with Crippen LogP contribution in [0, 0.1) is 12.8 Å². The van der Waals surface area contributed by atoms with E-state index in [9.17, 15) is 4.79 Å². The SMILES string of the molecule is CCC1CN(CC(=O)Nc2ccc(C)cc2)CCC1NC. The molecular weight excluding hydrogens is 262 g/mol. The summed E-state index contributed by atoms with van der Waals surface area (Å²) in [6.45, 7) is 6.75. The molecule has 1 heterocycles. The fourth-order valence-corrected chi connectivity index (χ4v) is 3.09. The fraction of sp³-hybridized carbons (Fsp3) is 0.588. The normalized spacial score (nSPS) is 23.0. The van der Waals surface area contributed by atoms with Gasteiger partial charge in [0.05, 0.1) is 6.54 Å². The third-order valence-electron chi connectivity index (χ3n) is 4.42. The average molecular weight is 289 g/mol. The summed E-state index contributed by atoms with van der Waals surface area (Å²) in [6.07, 6.45) is 2.27. The van der Waals surface area contributed by atoms with Crippen LogP contribution in [0.25, 0.3) is 0 Å². The summed E-state index contributed by atoms with van der Waals surface area (Å²) in [4.78, 5) is 14.4. The molecule has 2 atom stereocenters. The number of rotatable bonds is 5. The Morgan fingerprint density at radius 2 is 2.05 bits per heavy atom. The molecule has 0 aromatic heterocycles. The number of nitrogens with one attached hydrogen (secondary N) is 2. The minimum atomic E-state index is 0.0802. The van der Waals surface area contributed by atoms with Crippen molar-refractivity contribution in [3.05, 3.63) is 29.8 Å². The van der Waals surface area contributed by atoms with Gasteiger partial charge in [0.1, 0.15) is 0 Å². The van der Waals surface area contributed by atoms with Crippen LogP contribution in [-0.4, -0.2) is 43.5 Å². The lowest BCUT2D eigenvalue weighted by Gasteiger charge is -2.37. The molecule has 4 nitrogen and oxygen atoms in total. The molecule has 1 aliphatic heterocycles. The van der Waals surface area contributed by atoms with Gasteiger partial charge in [0.15, 0.2) is 0 Å². The van der Waals surface area contributed by atoms with E-state index >= 15 is 0 Å². The second kappa shape index (κ2) is 7.57. The average Bonchev–Trinajstić information content (AvgIpc) is 2.49. The van der Waals surface area contributed by atoms with Gasteiger partial charge < -0.3 is 10.6 Å². The molecule has 0 bridgehead atoms. The maximum Gasteiger partial charge on any atom is 0.238 e. The molecule has 1 saturated heterocycles. The summed E-state index contributed by atoms with van der Waals surface area (Å²) in [5.74, 6) is 0.715. The van der Waals surface area contributed by atoms with Crippen LogP contribution < -0.4 is 10.6 Å². The highest BCUT2D eigenvalue weighted by atomic mass is 16.2. The number of aryl methyl sites for hydroxylation is 1. The lowest BCUT2D eigenvalue weighted by atomic mass is 9.90. The van der Waals surface area contributed by atoms with Crippen LogP contribution in [0.15, 0.2) is 24.3 Å². The summed E-state index contributed by atoms with van der Waals surface area (Å²) < 4.78 is 0. The minimum Gasteiger partial charge on any atom is -0.325 e. The predicted molar refractivity (Wildman–Crippen MR) is 87.5 cm³/mol. The number of benzene rings is 1. The van der Waals surface area contributed by atoms with Gasteiger partial charge in [-0.2, -0.15) is 0 Å². The summed E-state index contributed by atoms with van der Waals surface area (Å²) in [6, 6.07) is 8.53. The maximum atomic E-state index is 12.1. The van der Waals surface area contributed by atoms with Crippen molar-refractivity contribution in [2.45, 2.75) is 32.7 Å². The molecule has 1 aromatic rings. The molecule has 1 amide bonds. The largest absolute Gasteiger partial charge is 0.325 e. The molecule has 116 valence electrons. The Labute approximate surface area is 127 Å². The van der Waals surface area contributed by atoms with Crippen molar-refractivity contribution in [3.8, 4) is 0 Å². The van der Waals surface area contributed by atoms with Gasteiger partial charge in [-0.15, -0.1) is 0 Å². The molecule has 0 spiro atoms. The highest BCUT2D eigenvalue weighted by Crippen LogP contribution is 2.20. The van der Waals surface area contributed by atoms with Crippen molar-refractivity contribution >= 4 is 11.6 Å². The van der Waals surface area contributed by atoms with Crippen LogP contribution in [-0.2, 0) is 4.79 Å². The number of hydrogen-bond donors (Lipinski definition) is 2. The van der Waals surface area contributed by atoms with E-state index in [0.717, 1.165) is 31.6 Å². The Kier molecular flexibility index (Phi) is 5.76. The molecule has 0 saturated carbocycles. The van der Waals surface area contributed by atoms with Crippen LogP contribution in [0.4, 0.5) is 5.69 Å². The molecular formula is C17H27N3O. The van der Waals surface area contributed by atoms with Gasteiger partial charge in [0.2, 0.25) is 5.91 Å². The Bertz CT molecular complexity index is 458. The zero-order valence-corrected chi connectivity index (χ0v) is 13.4. The van der Waals surface area contributed by atoms with E-state index in [4.69, 9.17) is 0 Å². The van der Waals surface area contributed by atoms with E-state index in [-0.39, 0.29) is 5.91 Å². The van der Waals surface area contributed by atoms with Crippen LogP contribution >= 0.6 is 0 Å². The Balaban J connectivity index is 1.84. The van der Waals surface area contributed by atoms with E-state index < -0.39 is 0 Å². The Morgan fingerprint density at radius 3 is 2.67 bits per heavy atom. The van der Waals surface area contributed by atoms with Crippen molar-refractivity contribution in [1.82, 2.24) is 10.2 Å². The fourth-order valence-electron chi connectivity index (χ4n) is 3.09. The number of carbonyl (C=O) groups excluding carboxylic acids is 1. The van der Waals surface area contributed by atoms with Crippen molar-refractivity contribution < 1.29 is 4.79 Å². The lowest BCUT2D eigenvalue weighted by Crippen LogP contribution is -2.49. The van der Waals surface area contributed by atoms with Crippen molar-refractivity contribution in [1.29, 1.82) is 0 Å². The number of amides is 1. The first kappa shape index (κ1) is 16.0. The molecule has 1 aromatic carbocycles. The van der Waals surface area contributed by atoms with Crippen LogP contribution in [0.1, 0.15) is 25.3 Å². The van der Waals surface area contributed by atoms with E-state index in [1.165, 1.54) is 5.56 Å². The second-order valence-corrected chi connectivity index (χ2v) is 6.00. The number of piperidine rings is 1. The molecule has 2 N–H and O–H groups in total. The van der Waals surface area contributed by atoms with Crippen LogP contribution in [0.5, 0.6) is 0 Å². The molecule has 2 unspecified atom stereocenters. The lowest BCUT2D eigenvalue weighted by molar-refractivity contribution is -0.117. The van der Waals surface area contributed by atoms with Crippen molar-refractivity contribution in [3.63, 3.8) is 0 Å². The molecule has 1 fully saturated rings. The third-order valence-corrected chi connectivity index (χ3v) is 4.42. The Hall–Kier alpha value is -1.39. The summed E-state index contributed by atoms with van der Waals surface area (Å²) in [7, 11) is 2.03. The van der Waals surface area contributed by atoms with Gasteiger partial charge >= 0.3 is 0 Å². The summed E-state index contributed by atoms with van der Waals surface area (Å²) in [5.41, 5.74) is 2.08. The van der Waals surface area contributed by atoms with E-state index in [2.05, 4.69) is 22.5 Å². The zero-order chi connectivity index (χ0) is 15.2. The van der Waals surface area contributed by atoms with Crippen molar-refractivity contribution in [2.24, 2.45) is 5.92 Å². The quantitative estimate of drug-likeness (QED) is 0.874. The Morgan fingerprint density at radius 1 is 1.33 bits per heavy atom. The first-order valence-corrected chi connectivity index (χ1v) is 7.88. The van der Waals surface area contributed by atoms with Gasteiger partial charge in [-0.25, -0.2) is 0 Å². The zero-order valence-electron chi connectivity index (χ0n) is 13.4. The first-order valence-electron chi connectivity index (χ1n) is 7.88. The van der Waals surface area contributed by atoms with Gasteiger partial charge in [-0.05, 0) is 38.4 Å². The minimum absolute atomic E-state index is 0.0802. The summed E-state index contributed by atoms with van der Waals surface area (Å²) in [5, 5.41) is 6.37. The van der Waals surface area contributed by atoms with Gasteiger partial charge in [0.25, 0.3) is 0 Å². The van der Waals surface area contributed by atoms with E-state index in [0.29, 0.717) is 18.5 Å². The third kappa shape index (κ3) is 4.55. The highest BCUT2D eigenvalue weighted by molar-refractivity contribution is 5.92. The van der Waals surface area contributed by atoms with Gasteiger partial charge in [-0.1, -0.05) is 31.0 Å². The second-order valence-electron chi connectivity index (χ2n) is 6.00. The molecule has 4 heteroatoms. The first-order chi connectivity index (χ1) is 10.1. The molecule has 0 radical (unpaired) electrons. The van der Waals surface area contributed by atoms with E-state index in [1.54, 1.807) is 0 Å². The molecule has 0 aliphatic carbocycles. The topological polar surface area (TPSA) is 44.4 Å². The molecule has 21 heavy (non-hydrogen) atoms. The van der Waals surface area contributed by atoms with Gasteiger partial charge in [-0.3, -0.25) is 9.69 Å².